The Morgan fingerprint density at radius 1 is 0.931 bits per heavy atom. The van der Waals surface area contributed by atoms with Crippen molar-refractivity contribution >= 4 is 12.1 Å². The molecule has 2 N–H and O–H groups in total. The molecule has 1 unspecified atom stereocenters. The molecule has 2 aromatic rings. The van der Waals surface area contributed by atoms with Gasteiger partial charge in [-0.3, -0.25) is 4.79 Å². The van der Waals surface area contributed by atoms with Gasteiger partial charge in [0.05, 0.1) is 11.3 Å². The van der Waals surface area contributed by atoms with Crippen molar-refractivity contribution in [3.05, 3.63) is 59.2 Å². The highest BCUT2D eigenvalue weighted by atomic mass is 19.4. The lowest BCUT2D eigenvalue weighted by Crippen LogP contribution is -2.26. The number of hydrogen-bond acceptors (Lipinski definition) is 3. The van der Waals surface area contributed by atoms with E-state index in [1.807, 2.05) is 19.2 Å². The van der Waals surface area contributed by atoms with E-state index in [1.54, 1.807) is 0 Å². The van der Waals surface area contributed by atoms with Crippen LogP contribution in [0.4, 0.5) is 32.0 Å². The Balaban J connectivity index is 0.00000204. The summed E-state index contributed by atoms with van der Waals surface area (Å²) in [6, 6.07) is 6.92. The van der Waals surface area contributed by atoms with Crippen molar-refractivity contribution in [3.63, 3.8) is 0 Å². The van der Waals surface area contributed by atoms with Crippen LogP contribution in [0.15, 0.2) is 42.5 Å². The molecule has 2 rings (SSSR count). The molecule has 0 aliphatic rings. The van der Waals surface area contributed by atoms with E-state index in [2.05, 4.69) is 4.74 Å². The predicted molar refractivity (Wildman–Crippen MR) is 94.3 cm³/mol. The van der Waals surface area contributed by atoms with Crippen molar-refractivity contribution in [1.29, 1.82) is 0 Å². The Morgan fingerprint density at radius 3 is 1.90 bits per heavy atom. The summed E-state index contributed by atoms with van der Waals surface area (Å²) in [6.07, 6.45) is -9.68. The van der Waals surface area contributed by atoms with Gasteiger partial charge in [-0.05, 0) is 30.7 Å². The van der Waals surface area contributed by atoms with E-state index in [-0.39, 0.29) is 17.5 Å². The fourth-order valence-electron chi connectivity index (χ4n) is 2.55. The van der Waals surface area contributed by atoms with Crippen LogP contribution in [0.1, 0.15) is 37.5 Å². The summed E-state index contributed by atoms with van der Waals surface area (Å²) in [5.41, 5.74) is -4.17. The van der Waals surface area contributed by atoms with Gasteiger partial charge in [-0.2, -0.15) is 13.2 Å². The van der Waals surface area contributed by atoms with Crippen molar-refractivity contribution in [2.24, 2.45) is 0 Å². The van der Waals surface area contributed by atoms with Crippen LogP contribution in [0, 0.1) is 0 Å². The Kier molecular flexibility index (Phi) is 7.68. The molecular weight excluding hydrogens is 404 g/mol. The number of amides is 1. The number of hydrogen-bond donors (Lipinski definition) is 2. The molecule has 0 saturated carbocycles. The van der Waals surface area contributed by atoms with E-state index in [0.717, 1.165) is 43.3 Å². The number of anilines is 1. The third kappa shape index (κ3) is 6.11. The van der Waals surface area contributed by atoms with E-state index in [9.17, 15) is 36.2 Å². The van der Waals surface area contributed by atoms with Gasteiger partial charge in [0.15, 0.2) is 0 Å². The van der Waals surface area contributed by atoms with Gasteiger partial charge in [-0.15, -0.1) is 13.2 Å². The summed E-state index contributed by atoms with van der Waals surface area (Å²) in [4.78, 5) is 10.8. The zero-order valence-corrected chi connectivity index (χ0v) is 15.7. The molecule has 29 heavy (non-hydrogen) atoms. The first-order valence-corrected chi connectivity index (χ1v) is 8.36. The maximum Gasteiger partial charge on any atom is 0.573 e. The van der Waals surface area contributed by atoms with Gasteiger partial charge in [0, 0.05) is 5.56 Å². The number of alkyl halides is 6. The second kappa shape index (κ2) is 9.17. The minimum Gasteiger partial charge on any atom is -0.406 e. The first-order valence-electron chi connectivity index (χ1n) is 8.36. The largest absolute Gasteiger partial charge is 0.573 e. The second-order valence-electron chi connectivity index (χ2n) is 5.63. The van der Waals surface area contributed by atoms with Gasteiger partial charge in [-0.1, -0.05) is 38.1 Å². The summed E-state index contributed by atoms with van der Waals surface area (Å²) in [5.74, 6) is -0.558. The smallest absolute Gasteiger partial charge is 0.406 e. The van der Waals surface area contributed by atoms with Crippen LogP contribution in [0.3, 0.4) is 0 Å². The van der Waals surface area contributed by atoms with E-state index in [4.69, 9.17) is 0 Å². The maximum absolute atomic E-state index is 13.2. The highest BCUT2D eigenvalue weighted by Crippen LogP contribution is 2.42. The number of para-hydroxylation sites is 1. The molecule has 1 amide bonds. The molecule has 0 heterocycles. The maximum atomic E-state index is 13.2. The molecule has 2 aromatic carbocycles. The molecule has 1 atom stereocenters. The number of halogens is 6. The Hall–Kier alpha value is -2.75. The summed E-state index contributed by atoms with van der Waals surface area (Å²) in [5, 5.41) is 12.7. The first kappa shape index (κ1) is 24.3. The van der Waals surface area contributed by atoms with Gasteiger partial charge >= 0.3 is 12.5 Å². The second-order valence-corrected chi connectivity index (χ2v) is 5.63. The quantitative estimate of drug-likeness (QED) is 0.496. The minimum absolute atomic E-state index is 0.00898. The fraction of sp³-hybridized carbons (Fsp3) is 0.316. The van der Waals surface area contributed by atoms with Gasteiger partial charge in [0.2, 0.25) is 6.41 Å². The SMILES string of the molecule is CC.CC(O)(c1ccc(OC(F)(F)F)cc1)c1cccc(C(F)(F)F)c1NC=O. The molecule has 0 fully saturated rings. The lowest BCUT2D eigenvalue weighted by Gasteiger charge is -2.28. The van der Waals surface area contributed by atoms with Crippen molar-refractivity contribution < 1.29 is 41.0 Å². The van der Waals surface area contributed by atoms with Gasteiger partial charge in [-0.25, -0.2) is 0 Å². The number of ether oxygens (including phenoxy) is 1. The lowest BCUT2D eigenvalue weighted by atomic mass is 9.85. The zero-order valence-electron chi connectivity index (χ0n) is 15.7. The van der Waals surface area contributed by atoms with E-state index < -0.39 is 35.1 Å². The predicted octanol–water partition coefficient (Wildman–Crippen LogP) is 5.45. The Bertz CT molecular complexity index is 814. The number of benzene rings is 2. The van der Waals surface area contributed by atoms with Gasteiger partial charge < -0.3 is 15.2 Å². The summed E-state index contributed by atoms with van der Waals surface area (Å²) >= 11 is 0. The number of nitrogens with one attached hydrogen (secondary N) is 1. The number of carbonyl (C=O) groups excluding carboxylic acids is 1. The van der Waals surface area contributed by atoms with Crippen LogP contribution in [-0.4, -0.2) is 17.9 Å². The Morgan fingerprint density at radius 2 is 1.45 bits per heavy atom. The highest BCUT2D eigenvalue weighted by molar-refractivity contribution is 5.77. The molecule has 0 saturated heterocycles. The highest BCUT2D eigenvalue weighted by Gasteiger charge is 2.38. The van der Waals surface area contributed by atoms with Crippen LogP contribution in [-0.2, 0) is 16.6 Å². The van der Waals surface area contributed by atoms with Crippen molar-refractivity contribution in [2.45, 2.75) is 38.9 Å². The minimum atomic E-state index is -4.91. The number of rotatable bonds is 5. The normalized spacial score (nSPS) is 13.6. The summed E-state index contributed by atoms with van der Waals surface area (Å²) in [6.45, 7) is 5.15. The van der Waals surface area contributed by atoms with Gasteiger partial charge in [0.1, 0.15) is 11.4 Å². The average molecular weight is 423 g/mol. The number of aliphatic hydroxyl groups is 1. The topological polar surface area (TPSA) is 58.6 Å². The third-order valence-corrected chi connectivity index (χ3v) is 3.75. The molecule has 0 aromatic heterocycles. The molecule has 0 aliphatic carbocycles. The first-order chi connectivity index (χ1) is 13.4. The molecule has 160 valence electrons. The van der Waals surface area contributed by atoms with Crippen molar-refractivity contribution in [2.75, 3.05) is 5.32 Å². The summed E-state index contributed by atoms with van der Waals surface area (Å²) in [7, 11) is 0. The molecular formula is C19H19F6NO3. The van der Waals surface area contributed by atoms with Crippen LogP contribution >= 0.6 is 0 Å². The third-order valence-electron chi connectivity index (χ3n) is 3.75. The average Bonchev–Trinajstić information content (AvgIpc) is 2.62. The zero-order chi connectivity index (χ0) is 22.5. The van der Waals surface area contributed by atoms with Gasteiger partial charge in [0.25, 0.3) is 0 Å². The molecule has 0 spiro atoms. The van der Waals surface area contributed by atoms with Crippen LogP contribution in [0.2, 0.25) is 0 Å². The van der Waals surface area contributed by atoms with E-state index in [1.165, 1.54) is 6.07 Å². The molecule has 0 aliphatic heterocycles. The van der Waals surface area contributed by atoms with Crippen molar-refractivity contribution in [1.82, 2.24) is 0 Å². The fourth-order valence-corrected chi connectivity index (χ4v) is 2.55. The lowest BCUT2D eigenvalue weighted by molar-refractivity contribution is -0.274. The standard InChI is InChI=1S/C17H13F6NO3.C2H6/c1-15(26,10-5-7-11(8-6-10)27-17(21,22)23)12-3-2-4-13(16(18,19)20)14(12)24-9-25;1-2/h2-9,26H,1H3,(H,24,25);1-2H3. The molecule has 4 nitrogen and oxygen atoms in total. The van der Waals surface area contributed by atoms with Crippen LogP contribution in [0.5, 0.6) is 5.75 Å². The molecule has 0 radical (unpaired) electrons. The monoisotopic (exact) mass is 423 g/mol. The van der Waals surface area contributed by atoms with E-state index >= 15 is 0 Å². The van der Waals surface area contributed by atoms with Crippen LogP contribution in [0.25, 0.3) is 0 Å². The van der Waals surface area contributed by atoms with Crippen LogP contribution < -0.4 is 10.1 Å². The molecule has 10 heteroatoms. The van der Waals surface area contributed by atoms with E-state index in [0.29, 0.717) is 0 Å². The molecule has 0 bridgehead atoms. The summed E-state index contributed by atoms with van der Waals surface area (Å²) < 4.78 is 79.9. The Labute approximate surface area is 163 Å². The number of carbonyl (C=O) groups is 1. The van der Waals surface area contributed by atoms with Crippen molar-refractivity contribution in [3.8, 4) is 5.75 Å².